The van der Waals surface area contributed by atoms with Crippen molar-refractivity contribution in [3.05, 3.63) is 46.9 Å². The Kier molecular flexibility index (Phi) is 3.85. The summed E-state index contributed by atoms with van der Waals surface area (Å²) < 4.78 is 1.65. The molecule has 7 heteroatoms. The standard InChI is InChI=1S/C15H16ClN5O/c1-9(2)14-18-19-15-11(7-13(16)20-21(14)15)17-8-10-5-3-4-6-12(10)22/h3-7,9,17,22H,8H2,1-2H3. The number of rotatable bonds is 4. The molecule has 0 aliphatic rings. The van der Waals surface area contributed by atoms with Gasteiger partial charge in [-0.1, -0.05) is 43.6 Å². The van der Waals surface area contributed by atoms with Crippen molar-refractivity contribution in [1.82, 2.24) is 19.8 Å². The number of halogens is 1. The molecule has 0 aliphatic carbocycles. The predicted octanol–water partition coefficient (Wildman–Crippen LogP) is 3.22. The third-order valence-electron chi connectivity index (χ3n) is 3.34. The topological polar surface area (TPSA) is 75.3 Å². The normalized spacial score (nSPS) is 11.3. The Morgan fingerprint density at radius 2 is 2.05 bits per heavy atom. The van der Waals surface area contributed by atoms with Crippen LogP contribution in [0.4, 0.5) is 5.69 Å². The van der Waals surface area contributed by atoms with Crippen LogP contribution in [0.5, 0.6) is 5.75 Å². The Labute approximate surface area is 132 Å². The van der Waals surface area contributed by atoms with E-state index < -0.39 is 0 Å². The summed E-state index contributed by atoms with van der Waals surface area (Å²) in [5.41, 5.74) is 2.13. The number of phenolic OH excluding ortho intramolecular Hbond substituents is 1. The first-order chi connectivity index (χ1) is 10.6. The minimum absolute atomic E-state index is 0.187. The van der Waals surface area contributed by atoms with E-state index in [1.807, 2.05) is 26.0 Å². The van der Waals surface area contributed by atoms with Crippen molar-refractivity contribution in [1.29, 1.82) is 0 Å². The number of nitrogens with zero attached hydrogens (tertiary/aromatic N) is 4. The van der Waals surface area contributed by atoms with Crippen molar-refractivity contribution < 1.29 is 5.11 Å². The van der Waals surface area contributed by atoms with E-state index in [4.69, 9.17) is 11.6 Å². The number of fused-ring (bicyclic) bond motifs is 1. The lowest BCUT2D eigenvalue weighted by Gasteiger charge is -2.10. The molecule has 0 fully saturated rings. The Morgan fingerprint density at radius 3 is 2.77 bits per heavy atom. The average Bonchev–Trinajstić information content (AvgIpc) is 2.90. The Balaban J connectivity index is 1.95. The van der Waals surface area contributed by atoms with Gasteiger partial charge in [-0.15, -0.1) is 10.2 Å². The number of nitrogens with one attached hydrogen (secondary N) is 1. The summed E-state index contributed by atoms with van der Waals surface area (Å²) in [6.45, 7) is 4.49. The fourth-order valence-corrected chi connectivity index (χ4v) is 2.39. The van der Waals surface area contributed by atoms with Crippen LogP contribution >= 0.6 is 11.6 Å². The van der Waals surface area contributed by atoms with Crippen molar-refractivity contribution in [2.75, 3.05) is 5.32 Å². The van der Waals surface area contributed by atoms with E-state index in [9.17, 15) is 5.11 Å². The minimum Gasteiger partial charge on any atom is -0.508 e. The number of phenols is 1. The molecule has 6 nitrogen and oxygen atoms in total. The van der Waals surface area contributed by atoms with Gasteiger partial charge in [0.05, 0.1) is 5.69 Å². The molecular weight excluding hydrogens is 302 g/mol. The Bertz CT molecular complexity index is 815. The van der Waals surface area contributed by atoms with Gasteiger partial charge in [-0.05, 0) is 6.07 Å². The zero-order valence-electron chi connectivity index (χ0n) is 12.3. The first-order valence-electron chi connectivity index (χ1n) is 6.99. The van der Waals surface area contributed by atoms with E-state index in [1.54, 1.807) is 22.7 Å². The van der Waals surface area contributed by atoms with Crippen LogP contribution < -0.4 is 5.32 Å². The van der Waals surface area contributed by atoms with Gasteiger partial charge in [-0.2, -0.15) is 9.61 Å². The molecule has 114 valence electrons. The second kappa shape index (κ2) is 5.81. The summed E-state index contributed by atoms with van der Waals surface area (Å²) in [6, 6.07) is 8.87. The molecule has 0 spiro atoms. The maximum Gasteiger partial charge on any atom is 0.201 e. The predicted molar refractivity (Wildman–Crippen MR) is 85.3 cm³/mol. The molecule has 0 aliphatic heterocycles. The van der Waals surface area contributed by atoms with Crippen molar-refractivity contribution in [3.63, 3.8) is 0 Å². The lowest BCUT2D eigenvalue weighted by molar-refractivity contribution is 0.469. The molecule has 0 unspecified atom stereocenters. The number of para-hydroxylation sites is 1. The molecule has 2 N–H and O–H groups in total. The molecule has 0 saturated heterocycles. The van der Waals surface area contributed by atoms with Crippen LogP contribution in [-0.4, -0.2) is 24.9 Å². The third-order valence-corrected chi connectivity index (χ3v) is 3.53. The van der Waals surface area contributed by atoms with Gasteiger partial charge in [-0.25, -0.2) is 0 Å². The highest BCUT2D eigenvalue weighted by Crippen LogP contribution is 2.24. The van der Waals surface area contributed by atoms with E-state index in [1.165, 1.54) is 0 Å². The maximum atomic E-state index is 9.82. The summed E-state index contributed by atoms with van der Waals surface area (Å²) in [7, 11) is 0. The van der Waals surface area contributed by atoms with E-state index in [0.717, 1.165) is 17.1 Å². The first-order valence-corrected chi connectivity index (χ1v) is 7.36. The van der Waals surface area contributed by atoms with Gasteiger partial charge in [0.2, 0.25) is 5.65 Å². The zero-order valence-corrected chi connectivity index (χ0v) is 13.0. The van der Waals surface area contributed by atoms with Crippen molar-refractivity contribution in [2.24, 2.45) is 0 Å². The van der Waals surface area contributed by atoms with Crippen molar-refractivity contribution in [3.8, 4) is 5.75 Å². The SMILES string of the molecule is CC(C)c1nnc2c(NCc3ccccc3O)cc(Cl)nn12. The fraction of sp³-hybridized carbons (Fsp3) is 0.267. The van der Waals surface area contributed by atoms with Crippen molar-refractivity contribution >= 4 is 22.9 Å². The van der Waals surface area contributed by atoms with E-state index in [-0.39, 0.29) is 11.7 Å². The molecular formula is C15H16ClN5O. The summed E-state index contributed by atoms with van der Waals surface area (Å²) in [5, 5.41) is 26.0. The number of benzene rings is 1. The summed E-state index contributed by atoms with van der Waals surface area (Å²) in [4.78, 5) is 0. The highest BCUT2D eigenvalue weighted by Gasteiger charge is 2.15. The third kappa shape index (κ3) is 2.69. The van der Waals surface area contributed by atoms with Crippen LogP contribution in [0.2, 0.25) is 5.15 Å². The van der Waals surface area contributed by atoms with Gasteiger partial charge in [0.25, 0.3) is 0 Å². The van der Waals surface area contributed by atoms with Crippen LogP contribution in [0, 0.1) is 0 Å². The smallest absolute Gasteiger partial charge is 0.201 e. The molecule has 2 heterocycles. The molecule has 1 aromatic carbocycles. The van der Waals surface area contributed by atoms with Crippen LogP contribution in [-0.2, 0) is 6.54 Å². The molecule has 2 aromatic heterocycles. The number of aromatic hydroxyl groups is 1. The van der Waals surface area contributed by atoms with Gasteiger partial charge in [0, 0.05) is 24.1 Å². The number of anilines is 1. The Hall–Kier alpha value is -2.34. The zero-order chi connectivity index (χ0) is 15.7. The largest absolute Gasteiger partial charge is 0.508 e. The van der Waals surface area contributed by atoms with Crippen LogP contribution in [0.1, 0.15) is 31.2 Å². The summed E-state index contributed by atoms with van der Waals surface area (Å²) in [5.74, 6) is 1.19. The number of hydrogen-bond acceptors (Lipinski definition) is 5. The lowest BCUT2D eigenvalue weighted by atomic mass is 10.2. The van der Waals surface area contributed by atoms with Crippen LogP contribution in [0.3, 0.4) is 0 Å². The van der Waals surface area contributed by atoms with Gasteiger partial charge < -0.3 is 10.4 Å². The first kappa shape index (κ1) is 14.6. The molecule has 0 saturated carbocycles. The quantitative estimate of drug-likeness (QED) is 0.772. The molecule has 0 radical (unpaired) electrons. The fourth-order valence-electron chi connectivity index (χ4n) is 2.21. The van der Waals surface area contributed by atoms with E-state index >= 15 is 0 Å². The van der Waals surface area contributed by atoms with Gasteiger partial charge >= 0.3 is 0 Å². The van der Waals surface area contributed by atoms with Crippen LogP contribution in [0.15, 0.2) is 30.3 Å². The molecule has 0 amide bonds. The average molecular weight is 318 g/mol. The second-order valence-corrected chi connectivity index (χ2v) is 5.70. The highest BCUT2D eigenvalue weighted by atomic mass is 35.5. The van der Waals surface area contributed by atoms with Gasteiger partial charge in [0.1, 0.15) is 5.75 Å². The molecule has 3 rings (SSSR count). The van der Waals surface area contributed by atoms with E-state index in [2.05, 4.69) is 20.6 Å². The monoisotopic (exact) mass is 317 g/mol. The second-order valence-electron chi connectivity index (χ2n) is 5.31. The maximum absolute atomic E-state index is 9.82. The lowest BCUT2D eigenvalue weighted by Crippen LogP contribution is -2.05. The van der Waals surface area contributed by atoms with Crippen molar-refractivity contribution in [2.45, 2.75) is 26.3 Å². The van der Waals surface area contributed by atoms with Gasteiger partial charge in [0.15, 0.2) is 11.0 Å². The molecule has 0 atom stereocenters. The highest BCUT2D eigenvalue weighted by molar-refractivity contribution is 6.29. The Morgan fingerprint density at radius 1 is 1.27 bits per heavy atom. The molecule has 22 heavy (non-hydrogen) atoms. The van der Waals surface area contributed by atoms with Crippen LogP contribution in [0.25, 0.3) is 5.65 Å². The number of aromatic nitrogens is 4. The summed E-state index contributed by atoms with van der Waals surface area (Å²) >= 11 is 6.09. The number of hydrogen-bond donors (Lipinski definition) is 2. The minimum atomic E-state index is 0.187. The van der Waals surface area contributed by atoms with Gasteiger partial charge in [-0.3, -0.25) is 0 Å². The van der Waals surface area contributed by atoms with E-state index in [0.29, 0.717) is 17.3 Å². The summed E-state index contributed by atoms with van der Waals surface area (Å²) in [6.07, 6.45) is 0. The molecule has 0 bridgehead atoms. The molecule has 3 aromatic rings.